The van der Waals surface area contributed by atoms with Gasteiger partial charge in [0.15, 0.2) is 0 Å². The minimum atomic E-state index is -3.62. The Bertz CT molecular complexity index is 745. The first-order valence-corrected chi connectivity index (χ1v) is 8.01. The molecule has 21 heavy (non-hydrogen) atoms. The van der Waals surface area contributed by atoms with Gasteiger partial charge >= 0.3 is 0 Å². The van der Waals surface area contributed by atoms with E-state index < -0.39 is 10.0 Å². The maximum absolute atomic E-state index is 12.2. The second-order valence-electron chi connectivity index (χ2n) is 4.52. The second kappa shape index (κ2) is 5.92. The van der Waals surface area contributed by atoms with Crippen LogP contribution >= 0.6 is 12.2 Å². The molecule has 0 atom stereocenters. The number of benzene rings is 1. The van der Waals surface area contributed by atoms with Crippen LogP contribution in [0, 0.1) is 13.8 Å². The van der Waals surface area contributed by atoms with E-state index in [2.05, 4.69) is 9.88 Å². The van der Waals surface area contributed by atoms with Gasteiger partial charge in [0.2, 0.25) is 10.0 Å². The molecule has 1 aromatic heterocycles. The van der Waals surface area contributed by atoms with Gasteiger partial charge in [0.05, 0.1) is 10.6 Å². The molecular formula is C13H15N3O3S2. The highest BCUT2D eigenvalue weighted by atomic mass is 32.2. The number of rotatable bonds is 5. The SMILES string of the molecule is Cc1noc(C)c1CNS(=O)(=O)c1ccc(C(N)=S)cc1. The summed E-state index contributed by atoms with van der Waals surface area (Å²) >= 11 is 4.83. The van der Waals surface area contributed by atoms with Crippen molar-refractivity contribution in [2.75, 3.05) is 0 Å². The Labute approximate surface area is 128 Å². The standard InChI is InChI=1S/C13H15N3O3S2/c1-8-12(9(2)19-16-8)7-15-21(17,18)11-5-3-10(4-6-11)13(14)20/h3-6,15H,7H2,1-2H3,(H2,14,20). The van der Waals surface area contributed by atoms with Crippen LogP contribution in [0.1, 0.15) is 22.6 Å². The summed E-state index contributed by atoms with van der Waals surface area (Å²) in [7, 11) is -3.62. The van der Waals surface area contributed by atoms with E-state index in [0.717, 1.165) is 5.56 Å². The van der Waals surface area contributed by atoms with Gasteiger partial charge in [-0.3, -0.25) is 0 Å². The van der Waals surface area contributed by atoms with Crippen LogP contribution in [0.25, 0.3) is 0 Å². The van der Waals surface area contributed by atoms with E-state index in [0.29, 0.717) is 17.0 Å². The highest BCUT2D eigenvalue weighted by Gasteiger charge is 2.16. The van der Waals surface area contributed by atoms with Crippen molar-refractivity contribution in [2.45, 2.75) is 25.3 Å². The molecule has 0 radical (unpaired) electrons. The number of sulfonamides is 1. The molecule has 6 nitrogen and oxygen atoms in total. The molecule has 0 bridgehead atoms. The molecule has 0 amide bonds. The molecule has 1 aromatic carbocycles. The Kier molecular flexibility index (Phi) is 4.40. The van der Waals surface area contributed by atoms with Crippen LogP contribution < -0.4 is 10.5 Å². The number of aromatic nitrogens is 1. The predicted octanol–water partition coefficient (Wildman–Crippen LogP) is 1.40. The molecule has 0 unspecified atom stereocenters. The van der Waals surface area contributed by atoms with Crippen molar-refractivity contribution in [3.05, 3.63) is 46.8 Å². The summed E-state index contributed by atoms with van der Waals surface area (Å²) in [5.74, 6) is 0.596. The molecule has 0 saturated carbocycles. The van der Waals surface area contributed by atoms with E-state index in [1.807, 2.05) is 0 Å². The number of hydrogen-bond donors (Lipinski definition) is 2. The molecule has 1 heterocycles. The monoisotopic (exact) mass is 325 g/mol. The van der Waals surface area contributed by atoms with Crippen molar-refractivity contribution < 1.29 is 12.9 Å². The molecule has 3 N–H and O–H groups in total. The zero-order valence-corrected chi connectivity index (χ0v) is 13.2. The Morgan fingerprint density at radius 1 is 1.33 bits per heavy atom. The lowest BCUT2D eigenvalue weighted by Gasteiger charge is -2.07. The van der Waals surface area contributed by atoms with Crippen LogP contribution in [0.3, 0.4) is 0 Å². The van der Waals surface area contributed by atoms with Crippen LogP contribution in [-0.2, 0) is 16.6 Å². The Balaban J connectivity index is 2.17. The molecule has 0 aliphatic carbocycles. The highest BCUT2D eigenvalue weighted by molar-refractivity contribution is 7.89. The summed E-state index contributed by atoms with van der Waals surface area (Å²) in [4.78, 5) is 0.372. The van der Waals surface area contributed by atoms with Crippen LogP contribution in [0.2, 0.25) is 0 Å². The maximum Gasteiger partial charge on any atom is 0.240 e. The van der Waals surface area contributed by atoms with Crippen molar-refractivity contribution in [1.29, 1.82) is 0 Å². The third-order valence-corrected chi connectivity index (χ3v) is 4.72. The fourth-order valence-electron chi connectivity index (χ4n) is 1.80. The van der Waals surface area contributed by atoms with Crippen molar-refractivity contribution in [3.63, 3.8) is 0 Å². The molecule has 2 aromatic rings. The lowest BCUT2D eigenvalue weighted by molar-refractivity contribution is 0.392. The van der Waals surface area contributed by atoms with Gasteiger partial charge in [-0.2, -0.15) is 0 Å². The van der Waals surface area contributed by atoms with Gasteiger partial charge in [-0.25, -0.2) is 13.1 Å². The third-order valence-electron chi connectivity index (χ3n) is 3.07. The Hall–Kier alpha value is -1.77. The van der Waals surface area contributed by atoms with E-state index in [-0.39, 0.29) is 16.4 Å². The van der Waals surface area contributed by atoms with Gasteiger partial charge in [-0.15, -0.1) is 0 Å². The molecule has 0 spiro atoms. The van der Waals surface area contributed by atoms with Crippen molar-refractivity contribution in [1.82, 2.24) is 9.88 Å². The molecule has 8 heteroatoms. The van der Waals surface area contributed by atoms with Gasteiger partial charge in [-0.05, 0) is 26.0 Å². The number of nitrogens with two attached hydrogens (primary N) is 1. The molecule has 0 aliphatic heterocycles. The molecule has 2 rings (SSSR count). The molecule has 0 aliphatic rings. The fourth-order valence-corrected chi connectivity index (χ4v) is 2.93. The van der Waals surface area contributed by atoms with Gasteiger partial charge in [0.1, 0.15) is 10.7 Å². The smallest absolute Gasteiger partial charge is 0.240 e. The normalized spacial score (nSPS) is 11.5. The number of aryl methyl sites for hydroxylation is 2. The molecule has 0 saturated heterocycles. The largest absolute Gasteiger partial charge is 0.389 e. The molecule has 112 valence electrons. The van der Waals surface area contributed by atoms with E-state index in [1.165, 1.54) is 12.1 Å². The fraction of sp³-hybridized carbons (Fsp3) is 0.231. The van der Waals surface area contributed by atoms with Crippen LogP contribution in [0.5, 0.6) is 0 Å². The van der Waals surface area contributed by atoms with E-state index in [1.54, 1.807) is 26.0 Å². The molecule has 0 fully saturated rings. The third kappa shape index (κ3) is 3.46. The number of thiocarbonyl (C=S) groups is 1. The number of nitrogens with zero attached hydrogens (tertiary/aromatic N) is 1. The lowest BCUT2D eigenvalue weighted by atomic mass is 10.2. The van der Waals surface area contributed by atoms with Crippen LogP contribution in [0.15, 0.2) is 33.7 Å². The van der Waals surface area contributed by atoms with Gasteiger partial charge in [0, 0.05) is 17.7 Å². The second-order valence-corrected chi connectivity index (χ2v) is 6.72. The predicted molar refractivity (Wildman–Crippen MR) is 82.3 cm³/mol. The van der Waals surface area contributed by atoms with Gasteiger partial charge in [-0.1, -0.05) is 29.5 Å². The number of hydrogen-bond acceptors (Lipinski definition) is 5. The van der Waals surface area contributed by atoms with Crippen LogP contribution in [-0.4, -0.2) is 18.6 Å². The summed E-state index contributed by atoms with van der Waals surface area (Å²) < 4.78 is 31.9. The summed E-state index contributed by atoms with van der Waals surface area (Å²) in [6.45, 7) is 3.62. The van der Waals surface area contributed by atoms with E-state index in [9.17, 15) is 8.42 Å². The van der Waals surface area contributed by atoms with Gasteiger partial charge < -0.3 is 10.3 Å². The van der Waals surface area contributed by atoms with Gasteiger partial charge in [0.25, 0.3) is 0 Å². The zero-order chi connectivity index (χ0) is 15.6. The average molecular weight is 325 g/mol. The zero-order valence-electron chi connectivity index (χ0n) is 11.6. The van der Waals surface area contributed by atoms with Crippen molar-refractivity contribution >= 4 is 27.2 Å². The first-order valence-electron chi connectivity index (χ1n) is 6.12. The van der Waals surface area contributed by atoms with Crippen molar-refractivity contribution in [2.24, 2.45) is 5.73 Å². The minimum absolute atomic E-state index is 0.126. The summed E-state index contributed by atoms with van der Waals surface area (Å²) in [6.07, 6.45) is 0. The highest BCUT2D eigenvalue weighted by Crippen LogP contribution is 2.15. The van der Waals surface area contributed by atoms with E-state index >= 15 is 0 Å². The van der Waals surface area contributed by atoms with Crippen LogP contribution in [0.4, 0.5) is 0 Å². The summed E-state index contributed by atoms with van der Waals surface area (Å²) in [5, 5.41) is 3.78. The quantitative estimate of drug-likeness (QED) is 0.807. The topological polar surface area (TPSA) is 98.2 Å². The first-order chi connectivity index (χ1) is 9.81. The van der Waals surface area contributed by atoms with Crippen molar-refractivity contribution in [3.8, 4) is 0 Å². The molecular weight excluding hydrogens is 310 g/mol. The Morgan fingerprint density at radius 2 is 1.95 bits per heavy atom. The Morgan fingerprint density at radius 3 is 2.43 bits per heavy atom. The first kappa shape index (κ1) is 15.6. The summed E-state index contributed by atoms with van der Waals surface area (Å²) in [5.41, 5.74) is 7.50. The average Bonchev–Trinajstić information content (AvgIpc) is 2.76. The van der Waals surface area contributed by atoms with E-state index in [4.69, 9.17) is 22.5 Å². The maximum atomic E-state index is 12.2. The summed E-state index contributed by atoms with van der Waals surface area (Å²) in [6, 6.07) is 6.08. The minimum Gasteiger partial charge on any atom is -0.389 e. The number of nitrogens with one attached hydrogen (secondary N) is 1. The lowest BCUT2D eigenvalue weighted by Crippen LogP contribution is -2.24.